The third kappa shape index (κ3) is 4.74. The average Bonchev–Trinajstić information content (AvgIpc) is 2.42. The van der Waals surface area contributed by atoms with Gasteiger partial charge in [-0.1, -0.05) is 20.8 Å². The zero-order valence-electron chi connectivity index (χ0n) is 13.1. The molecule has 1 aromatic rings. The highest BCUT2D eigenvalue weighted by Gasteiger charge is 2.12. The van der Waals surface area contributed by atoms with Crippen molar-refractivity contribution in [2.45, 2.75) is 40.5 Å². The summed E-state index contributed by atoms with van der Waals surface area (Å²) in [4.78, 5) is 9.14. The summed E-state index contributed by atoms with van der Waals surface area (Å²) in [7, 11) is -0.752. The molecule has 0 bridgehead atoms. The van der Waals surface area contributed by atoms with Gasteiger partial charge in [-0.15, -0.1) is 0 Å². The highest BCUT2D eigenvalue weighted by Crippen LogP contribution is 2.22. The van der Waals surface area contributed by atoms with Crippen LogP contribution in [0.3, 0.4) is 0 Å². The van der Waals surface area contributed by atoms with E-state index in [0.29, 0.717) is 18.1 Å². The smallest absolute Gasteiger partial charge is 0.135 e. The zero-order valence-corrected chi connectivity index (χ0v) is 13.9. The number of hydrogen-bond acceptors (Lipinski definition) is 5. The molecule has 0 saturated heterocycles. The molecule has 1 aromatic heterocycles. The van der Waals surface area contributed by atoms with Crippen LogP contribution in [-0.2, 0) is 10.8 Å². The highest BCUT2D eigenvalue weighted by molar-refractivity contribution is 7.84. The first-order valence-electron chi connectivity index (χ1n) is 7.20. The van der Waals surface area contributed by atoms with Gasteiger partial charge in [0.05, 0.1) is 0 Å². The first-order chi connectivity index (χ1) is 9.49. The summed E-state index contributed by atoms with van der Waals surface area (Å²) in [5.74, 6) is 4.17. The van der Waals surface area contributed by atoms with E-state index in [1.54, 1.807) is 0 Å². The van der Waals surface area contributed by atoms with Gasteiger partial charge in [0.25, 0.3) is 0 Å². The van der Waals surface area contributed by atoms with Gasteiger partial charge in [0, 0.05) is 46.9 Å². The van der Waals surface area contributed by atoms with Crippen LogP contribution < -0.4 is 10.6 Å². The molecule has 0 radical (unpaired) electrons. The second-order valence-electron chi connectivity index (χ2n) is 4.95. The summed E-state index contributed by atoms with van der Waals surface area (Å²) in [6.07, 6.45) is 0. The van der Waals surface area contributed by atoms with Gasteiger partial charge in [-0.25, -0.2) is 9.97 Å². The van der Waals surface area contributed by atoms with Crippen LogP contribution in [0.2, 0.25) is 0 Å². The monoisotopic (exact) mass is 298 g/mol. The molecule has 0 amide bonds. The van der Waals surface area contributed by atoms with Crippen molar-refractivity contribution < 1.29 is 4.21 Å². The largest absolute Gasteiger partial charge is 0.370 e. The fourth-order valence-corrected chi connectivity index (χ4v) is 2.35. The second-order valence-corrected chi connectivity index (χ2v) is 6.81. The normalized spacial score (nSPS) is 12.5. The number of anilines is 2. The molecule has 1 heterocycles. The maximum Gasteiger partial charge on any atom is 0.135 e. The number of hydrogen-bond donors (Lipinski definition) is 2. The molecule has 1 rings (SSSR count). The van der Waals surface area contributed by atoms with Crippen LogP contribution in [0.15, 0.2) is 0 Å². The minimum atomic E-state index is -0.752. The molecular formula is C14H26N4OS. The molecule has 0 saturated carbocycles. The van der Waals surface area contributed by atoms with Crippen molar-refractivity contribution in [3.63, 3.8) is 0 Å². The van der Waals surface area contributed by atoms with Crippen molar-refractivity contribution in [3.05, 3.63) is 11.4 Å². The summed E-state index contributed by atoms with van der Waals surface area (Å²) in [6.45, 7) is 11.6. The average molecular weight is 298 g/mol. The van der Waals surface area contributed by atoms with E-state index in [4.69, 9.17) is 0 Å². The Morgan fingerprint density at radius 1 is 1.15 bits per heavy atom. The van der Waals surface area contributed by atoms with E-state index in [1.165, 1.54) is 0 Å². The zero-order chi connectivity index (χ0) is 15.1. The van der Waals surface area contributed by atoms with Gasteiger partial charge in [-0.05, 0) is 13.8 Å². The van der Waals surface area contributed by atoms with Crippen LogP contribution in [0, 0.1) is 6.92 Å². The van der Waals surface area contributed by atoms with E-state index >= 15 is 0 Å². The van der Waals surface area contributed by atoms with Gasteiger partial charge in [-0.3, -0.25) is 4.21 Å². The predicted molar refractivity (Wildman–Crippen MR) is 87.1 cm³/mol. The van der Waals surface area contributed by atoms with Crippen molar-refractivity contribution in [2.75, 3.05) is 35.2 Å². The quantitative estimate of drug-likeness (QED) is 0.772. The lowest BCUT2D eigenvalue weighted by Crippen LogP contribution is -2.16. The summed E-state index contributed by atoms with van der Waals surface area (Å²) in [5.41, 5.74) is 1.01. The van der Waals surface area contributed by atoms with E-state index in [0.717, 1.165) is 29.6 Å². The van der Waals surface area contributed by atoms with Gasteiger partial charge in [0.2, 0.25) is 0 Å². The van der Waals surface area contributed by atoms with Crippen molar-refractivity contribution in [3.8, 4) is 0 Å². The van der Waals surface area contributed by atoms with Gasteiger partial charge in [0.15, 0.2) is 0 Å². The SMILES string of the molecule is CCNc1nc(C(C)C)nc(NCCS(=O)CC)c1C. The summed E-state index contributed by atoms with van der Waals surface area (Å²) in [5, 5.41) is 6.56. The maximum absolute atomic E-state index is 11.5. The van der Waals surface area contributed by atoms with Crippen LogP contribution in [-0.4, -0.2) is 38.8 Å². The third-order valence-corrected chi connectivity index (χ3v) is 4.27. The number of nitrogens with one attached hydrogen (secondary N) is 2. The Bertz CT molecular complexity index is 463. The number of aromatic nitrogens is 2. The Balaban J connectivity index is 2.89. The van der Waals surface area contributed by atoms with Crippen LogP contribution >= 0.6 is 0 Å². The van der Waals surface area contributed by atoms with Crippen LogP contribution in [0.4, 0.5) is 11.6 Å². The van der Waals surface area contributed by atoms with Crippen LogP contribution in [0.25, 0.3) is 0 Å². The fourth-order valence-electron chi connectivity index (χ4n) is 1.73. The van der Waals surface area contributed by atoms with Gasteiger partial charge in [-0.2, -0.15) is 0 Å². The molecule has 1 atom stereocenters. The molecule has 0 aliphatic rings. The standard InChI is InChI=1S/C14H26N4OS/c1-6-15-13-11(5)14(16-8-9-20(19)7-2)18-12(17-13)10(3)4/h10H,6-9H2,1-5H3,(H2,15,16,17,18). The molecule has 114 valence electrons. The molecule has 0 aliphatic carbocycles. The van der Waals surface area contributed by atoms with Crippen LogP contribution in [0.5, 0.6) is 0 Å². The second kappa shape index (κ2) is 8.19. The molecule has 0 spiro atoms. The highest BCUT2D eigenvalue weighted by atomic mass is 32.2. The van der Waals surface area contributed by atoms with E-state index in [9.17, 15) is 4.21 Å². The number of nitrogens with zero attached hydrogens (tertiary/aromatic N) is 2. The van der Waals surface area contributed by atoms with E-state index in [1.807, 2.05) is 20.8 Å². The lowest BCUT2D eigenvalue weighted by molar-refractivity contribution is 0.684. The molecule has 20 heavy (non-hydrogen) atoms. The Hall–Kier alpha value is -1.17. The predicted octanol–water partition coefficient (Wildman–Crippen LogP) is 2.52. The molecule has 2 N–H and O–H groups in total. The Morgan fingerprint density at radius 3 is 2.25 bits per heavy atom. The van der Waals surface area contributed by atoms with Crippen molar-refractivity contribution >= 4 is 22.4 Å². The topological polar surface area (TPSA) is 66.9 Å². The molecule has 0 aliphatic heterocycles. The van der Waals surface area contributed by atoms with Gasteiger partial charge >= 0.3 is 0 Å². The molecular weight excluding hydrogens is 272 g/mol. The molecule has 1 unspecified atom stereocenters. The fraction of sp³-hybridized carbons (Fsp3) is 0.714. The van der Waals surface area contributed by atoms with E-state index < -0.39 is 10.8 Å². The molecule has 5 nitrogen and oxygen atoms in total. The Kier molecular flexibility index (Phi) is 6.91. The summed E-state index contributed by atoms with van der Waals surface area (Å²) < 4.78 is 11.5. The Morgan fingerprint density at radius 2 is 1.75 bits per heavy atom. The van der Waals surface area contributed by atoms with Crippen LogP contribution in [0.1, 0.15) is 45.0 Å². The minimum Gasteiger partial charge on any atom is -0.370 e. The third-order valence-electron chi connectivity index (χ3n) is 2.97. The molecule has 0 aromatic carbocycles. The lowest BCUT2D eigenvalue weighted by Gasteiger charge is -2.15. The van der Waals surface area contributed by atoms with Gasteiger partial charge < -0.3 is 10.6 Å². The van der Waals surface area contributed by atoms with Gasteiger partial charge in [0.1, 0.15) is 17.5 Å². The first kappa shape index (κ1) is 16.9. The minimum absolute atomic E-state index is 0.276. The lowest BCUT2D eigenvalue weighted by atomic mass is 10.2. The van der Waals surface area contributed by atoms with E-state index in [2.05, 4.69) is 34.4 Å². The summed E-state index contributed by atoms with van der Waals surface area (Å²) in [6, 6.07) is 0. The molecule has 6 heteroatoms. The molecule has 0 fully saturated rings. The summed E-state index contributed by atoms with van der Waals surface area (Å²) >= 11 is 0. The van der Waals surface area contributed by atoms with Crippen molar-refractivity contribution in [2.24, 2.45) is 0 Å². The number of rotatable bonds is 8. The Labute approximate surface area is 124 Å². The van der Waals surface area contributed by atoms with Crippen molar-refractivity contribution in [1.82, 2.24) is 9.97 Å². The maximum atomic E-state index is 11.5. The van der Waals surface area contributed by atoms with Crippen molar-refractivity contribution in [1.29, 1.82) is 0 Å². The first-order valence-corrected chi connectivity index (χ1v) is 8.69. The van der Waals surface area contributed by atoms with E-state index in [-0.39, 0.29) is 5.92 Å².